The Balaban J connectivity index is 3.42. The van der Waals surface area contributed by atoms with Gasteiger partial charge >= 0.3 is 0 Å². The Morgan fingerprint density at radius 1 is 1.64 bits per heavy atom. The van der Waals surface area contributed by atoms with E-state index in [4.69, 9.17) is 21.9 Å². The van der Waals surface area contributed by atoms with E-state index in [0.717, 1.165) is 0 Å². The second kappa shape index (κ2) is 4.50. The monoisotopic (exact) mass is 211 g/mol. The molecule has 1 aromatic carbocycles. The molecule has 0 unspecified atom stereocenters. The maximum Gasteiger partial charge on any atom is 0.256 e. The van der Waals surface area contributed by atoms with Gasteiger partial charge in [-0.1, -0.05) is 17.2 Å². The molecule has 1 rings (SSSR count). The highest BCUT2D eigenvalue weighted by Crippen LogP contribution is 2.30. The first kappa shape index (κ1) is 10.4. The van der Waals surface area contributed by atoms with Crippen molar-refractivity contribution in [2.45, 2.75) is 0 Å². The van der Waals surface area contributed by atoms with Gasteiger partial charge in [-0.25, -0.2) is 0 Å². The first-order chi connectivity index (χ1) is 6.70. The summed E-state index contributed by atoms with van der Waals surface area (Å²) in [6.07, 6.45) is 0. The third kappa shape index (κ3) is 1.96. The Labute approximate surface area is 84.9 Å². The fourth-order valence-corrected chi connectivity index (χ4v) is 1.21. The number of benzene rings is 1. The second-order valence-electron chi connectivity index (χ2n) is 2.32. The summed E-state index contributed by atoms with van der Waals surface area (Å²) >= 11 is 5.33. The average molecular weight is 212 g/mol. The van der Waals surface area contributed by atoms with Crippen molar-refractivity contribution in [2.75, 3.05) is 7.11 Å². The highest BCUT2D eigenvalue weighted by atomic mass is 35.5. The maximum absolute atomic E-state index is 11.0. The maximum atomic E-state index is 11.0. The Bertz CT molecular complexity index is 413. The predicted molar refractivity (Wildman–Crippen MR) is 52.0 cm³/mol. The first-order valence-electron chi connectivity index (χ1n) is 3.62. The van der Waals surface area contributed by atoms with Crippen LogP contribution in [0.5, 0.6) is 5.75 Å². The van der Waals surface area contributed by atoms with Crippen molar-refractivity contribution in [1.29, 1.82) is 0 Å². The molecule has 0 aliphatic carbocycles. The smallest absolute Gasteiger partial charge is 0.256 e. The molecule has 0 saturated heterocycles. The minimum absolute atomic E-state index is 0.0782. The zero-order chi connectivity index (χ0) is 10.6. The van der Waals surface area contributed by atoms with E-state index in [1.165, 1.54) is 13.2 Å². The number of carbonyl (C=O) groups is 1. The molecule has 0 saturated carbocycles. The fourth-order valence-electron chi connectivity index (χ4n) is 1.02. The highest BCUT2D eigenvalue weighted by Gasteiger charge is 2.13. The van der Waals surface area contributed by atoms with Gasteiger partial charge < -0.3 is 4.74 Å². The molecular formula is C8H6ClN3O2. The Hall–Kier alpha value is -1.71. The lowest BCUT2D eigenvalue weighted by atomic mass is 10.2. The zero-order valence-electron chi connectivity index (χ0n) is 7.27. The second-order valence-corrected chi connectivity index (χ2v) is 2.66. The molecule has 72 valence electrons. The SMILES string of the molecule is COc1cccc(N=[N+]=[N-])c1C(=O)Cl. The van der Waals surface area contributed by atoms with Gasteiger partial charge in [0.1, 0.15) is 5.75 Å². The van der Waals surface area contributed by atoms with Gasteiger partial charge in [-0.15, -0.1) is 0 Å². The van der Waals surface area contributed by atoms with Crippen molar-refractivity contribution < 1.29 is 9.53 Å². The summed E-state index contributed by atoms with van der Waals surface area (Å²) in [7, 11) is 1.40. The van der Waals surface area contributed by atoms with Gasteiger partial charge in [0, 0.05) is 4.91 Å². The molecule has 14 heavy (non-hydrogen) atoms. The van der Waals surface area contributed by atoms with Crippen LogP contribution in [0, 0.1) is 0 Å². The predicted octanol–water partition coefficient (Wildman–Crippen LogP) is 3.02. The molecule has 0 bridgehead atoms. The van der Waals surface area contributed by atoms with E-state index < -0.39 is 5.24 Å². The van der Waals surface area contributed by atoms with Crippen molar-refractivity contribution in [3.63, 3.8) is 0 Å². The van der Waals surface area contributed by atoms with Gasteiger partial charge in [-0.2, -0.15) is 0 Å². The van der Waals surface area contributed by atoms with E-state index in [9.17, 15) is 4.79 Å². The van der Waals surface area contributed by atoms with Crippen LogP contribution in [0.15, 0.2) is 23.3 Å². The standard InChI is InChI=1S/C8H6ClN3O2/c1-14-6-4-2-3-5(11-12-10)7(6)8(9)13/h2-4H,1H3. The lowest BCUT2D eigenvalue weighted by Gasteiger charge is -2.06. The molecule has 0 amide bonds. The molecule has 0 spiro atoms. The van der Waals surface area contributed by atoms with E-state index in [-0.39, 0.29) is 17.0 Å². The normalized spacial score (nSPS) is 9.00. The molecule has 0 aliphatic rings. The molecule has 0 fully saturated rings. The Kier molecular flexibility index (Phi) is 3.34. The number of carbonyl (C=O) groups excluding carboxylic acids is 1. The van der Waals surface area contributed by atoms with Gasteiger partial charge in [0.15, 0.2) is 0 Å². The van der Waals surface area contributed by atoms with Gasteiger partial charge in [-0.3, -0.25) is 4.79 Å². The van der Waals surface area contributed by atoms with E-state index in [2.05, 4.69) is 10.0 Å². The lowest BCUT2D eigenvalue weighted by Crippen LogP contribution is -1.95. The van der Waals surface area contributed by atoms with Crippen molar-refractivity contribution in [1.82, 2.24) is 0 Å². The zero-order valence-corrected chi connectivity index (χ0v) is 8.02. The van der Waals surface area contributed by atoms with Gasteiger partial charge in [-0.05, 0) is 23.2 Å². The average Bonchev–Trinajstić information content (AvgIpc) is 2.17. The molecule has 5 nitrogen and oxygen atoms in total. The van der Waals surface area contributed by atoms with Crippen LogP contribution in [0.25, 0.3) is 10.4 Å². The third-order valence-corrected chi connectivity index (χ3v) is 1.76. The van der Waals surface area contributed by atoms with Crippen molar-refractivity contribution >= 4 is 22.5 Å². The lowest BCUT2D eigenvalue weighted by molar-refractivity contribution is 0.107. The summed E-state index contributed by atoms with van der Waals surface area (Å²) in [5, 5.41) is 2.61. The molecule has 0 aromatic heterocycles. The first-order valence-corrected chi connectivity index (χ1v) is 4.00. The van der Waals surface area contributed by atoms with Crippen LogP contribution in [-0.4, -0.2) is 12.4 Å². The largest absolute Gasteiger partial charge is 0.496 e. The molecule has 0 aliphatic heterocycles. The summed E-state index contributed by atoms with van der Waals surface area (Å²) in [5.74, 6) is 0.287. The number of halogens is 1. The van der Waals surface area contributed by atoms with Crippen LogP contribution in [0.3, 0.4) is 0 Å². The topological polar surface area (TPSA) is 75.1 Å². The quantitative estimate of drug-likeness (QED) is 0.334. The molecule has 0 atom stereocenters. The van der Waals surface area contributed by atoms with E-state index in [1.807, 2.05) is 0 Å². The Morgan fingerprint density at radius 3 is 2.86 bits per heavy atom. The van der Waals surface area contributed by atoms with Crippen molar-refractivity contribution in [2.24, 2.45) is 5.11 Å². The van der Waals surface area contributed by atoms with Gasteiger partial charge in [0.25, 0.3) is 5.24 Å². The summed E-state index contributed by atoms with van der Waals surface area (Å²) in [6.45, 7) is 0. The molecule has 0 radical (unpaired) electrons. The number of azide groups is 1. The summed E-state index contributed by atoms with van der Waals surface area (Å²) < 4.78 is 4.91. The van der Waals surface area contributed by atoms with E-state index in [0.29, 0.717) is 0 Å². The van der Waals surface area contributed by atoms with Crippen LogP contribution >= 0.6 is 11.6 Å². The van der Waals surface area contributed by atoms with Crippen LogP contribution in [0.4, 0.5) is 5.69 Å². The number of rotatable bonds is 3. The number of hydrogen-bond acceptors (Lipinski definition) is 3. The molecule has 1 aromatic rings. The minimum atomic E-state index is -0.718. The number of nitrogens with zero attached hydrogens (tertiary/aromatic N) is 3. The van der Waals surface area contributed by atoms with Crippen LogP contribution < -0.4 is 4.74 Å². The van der Waals surface area contributed by atoms with Crippen molar-refractivity contribution in [3.05, 3.63) is 34.2 Å². The number of hydrogen-bond donors (Lipinski definition) is 0. The van der Waals surface area contributed by atoms with Crippen LogP contribution in [0.1, 0.15) is 10.4 Å². The van der Waals surface area contributed by atoms with Gasteiger partial charge in [0.05, 0.1) is 18.4 Å². The third-order valence-electron chi connectivity index (χ3n) is 1.57. The van der Waals surface area contributed by atoms with Crippen LogP contribution in [0.2, 0.25) is 0 Å². The minimum Gasteiger partial charge on any atom is -0.496 e. The number of ether oxygens (including phenoxy) is 1. The van der Waals surface area contributed by atoms with Crippen molar-refractivity contribution in [3.8, 4) is 5.75 Å². The fraction of sp³-hybridized carbons (Fsp3) is 0.125. The molecule has 6 heteroatoms. The summed E-state index contributed by atoms with van der Waals surface area (Å²) in [6, 6.07) is 4.65. The van der Waals surface area contributed by atoms with Gasteiger partial charge in [0.2, 0.25) is 0 Å². The number of methoxy groups -OCH3 is 1. The molecule has 0 heterocycles. The van der Waals surface area contributed by atoms with E-state index in [1.54, 1.807) is 12.1 Å². The van der Waals surface area contributed by atoms with E-state index >= 15 is 0 Å². The molecular weight excluding hydrogens is 206 g/mol. The summed E-state index contributed by atoms with van der Waals surface area (Å²) in [4.78, 5) is 13.6. The highest BCUT2D eigenvalue weighted by molar-refractivity contribution is 6.68. The summed E-state index contributed by atoms with van der Waals surface area (Å²) in [5.41, 5.74) is 8.49. The molecule has 0 N–H and O–H groups in total. The Morgan fingerprint density at radius 2 is 2.36 bits per heavy atom. The van der Waals surface area contributed by atoms with Crippen LogP contribution in [-0.2, 0) is 0 Å².